The van der Waals surface area contributed by atoms with Gasteiger partial charge in [0, 0.05) is 23.9 Å². The second-order valence-electron chi connectivity index (χ2n) is 5.94. The zero-order chi connectivity index (χ0) is 18.1. The number of aromatic nitrogens is 2. The van der Waals surface area contributed by atoms with Crippen LogP contribution in [0.1, 0.15) is 24.6 Å². The Morgan fingerprint density at radius 2 is 2.19 bits per heavy atom. The molecular formula is C16H16FN2O6P. The molecule has 0 bridgehead atoms. The number of aromatic amines is 1. The van der Waals surface area contributed by atoms with E-state index >= 15 is 0 Å². The second kappa shape index (κ2) is 7.28. The SMILES string of the molecule is O=c1ccn(C2CCC(COP3OCc4ccc(F)cc4O3)O2)c(=O)[nH]1. The van der Waals surface area contributed by atoms with Crippen molar-refractivity contribution < 1.29 is 22.7 Å². The van der Waals surface area contributed by atoms with E-state index in [-0.39, 0.29) is 18.5 Å². The van der Waals surface area contributed by atoms with Gasteiger partial charge in [0.05, 0.1) is 19.3 Å². The van der Waals surface area contributed by atoms with Crippen LogP contribution in [-0.4, -0.2) is 22.3 Å². The second-order valence-corrected chi connectivity index (χ2v) is 7.09. The molecule has 0 aliphatic carbocycles. The van der Waals surface area contributed by atoms with Gasteiger partial charge in [-0.15, -0.1) is 0 Å². The molecule has 1 aromatic heterocycles. The van der Waals surface area contributed by atoms with Crippen LogP contribution in [0.4, 0.5) is 4.39 Å². The van der Waals surface area contributed by atoms with Gasteiger partial charge in [-0.25, -0.2) is 9.18 Å². The van der Waals surface area contributed by atoms with E-state index in [1.165, 1.54) is 29.0 Å². The minimum absolute atomic E-state index is 0.227. The minimum atomic E-state index is -1.63. The number of H-pyrrole nitrogens is 1. The normalized spacial score (nSPS) is 24.9. The van der Waals surface area contributed by atoms with Crippen molar-refractivity contribution in [2.75, 3.05) is 6.61 Å². The van der Waals surface area contributed by atoms with E-state index in [1.54, 1.807) is 6.07 Å². The van der Waals surface area contributed by atoms with Crippen LogP contribution in [-0.2, 0) is 20.4 Å². The van der Waals surface area contributed by atoms with Crippen LogP contribution in [0.3, 0.4) is 0 Å². The highest BCUT2D eigenvalue weighted by Crippen LogP contribution is 2.47. The van der Waals surface area contributed by atoms with Gasteiger partial charge in [0.25, 0.3) is 5.56 Å². The van der Waals surface area contributed by atoms with Gasteiger partial charge < -0.3 is 9.26 Å². The van der Waals surface area contributed by atoms with Gasteiger partial charge >= 0.3 is 14.3 Å². The van der Waals surface area contributed by atoms with Crippen molar-refractivity contribution in [3.63, 3.8) is 0 Å². The molecule has 0 spiro atoms. The Bertz CT molecular complexity index is 916. The van der Waals surface area contributed by atoms with E-state index in [0.29, 0.717) is 25.2 Å². The van der Waals surface area contributed by atoms with E-state index in [2.05, 4.69) is 4.98 Å². The Hall–Kier alpha value is -2.06. The van der Waals surface area contributed by atoms with Crippen LogP contribution in [0.25, 0.3) is 0 Å². The first kappa shape index (κ1) is 17.4. The fourth-order valence-corrected chi connectivity index (χ4v) is 3.88. The molecule has 0 saturated carbocycles. The average Bonchev–Trinajstić information content (AvgIpc) is 3.08. The van der Waals surface area contributed by atoms with Crippen LogP contribution < -0.4 is 15.8 Å². The predicted molar refractivity (Wildman–Crippen MR) is 89.2 cm³/mol. The first-order chi connectivity index (χ1) is 12.6. The van der Waals surface area contributed by atoms with Gasteiger partial charge in [0.1, 0.15) is 17.8 Å². The average molecular weight is 382 g/mol. The minimum Gasteiger partial charge on any atom is -0.426 e. The highest BCUT2D eigenvalue weighted by Gasteiger charge is 2.30. The van der Waals surface area contributed by atoms with Crippen LogP contribution in [0.2, 0.25) is 0 Å². The maximum Gasteiger partial charge on any atom is 0.397 e. The summed E-state index contributed by atoms with van der Waals surface area (Å²) in [4.78, 5) is 25.1. The summed E-state index contributed by atoms with van der Waals surface area (Å²) in [5.74, 6) is 0.0429. The van der Waals surface area contributed by atoms with Gasteiger partial charge in [0.2, 0.25) is 0 Å². The van der Waals surface area contributed by atoms with E-state index in [9.17, 15) is 14.0 Å². The molecule has 3 unspecified atom stereocenters. The van der Waals surface area contributed by atoms with E-state index in [0.717, 1.165) is 5.56 Å². The predicted octanol–water partition coefficient (Wildman–Crippen LogP) is 2.21. The number of nitrogens with one attached hydrogen (secondary N) is 1. The Balaban J connectivity index is 1.32. The van der Waals surface area contributed by atoms with Gasteiger partial charge in [-0.1, -0.05) is 6.07 Å². The molecule has 10 heteroatoms. The Morgan fingerprint density at radius 1 is 1.31 bits per heavy atom. The summed E-state index contributed by atoms with van der Waals surface area (Å²) >= 11 is 0. The summed E-state index contributed by atoms with van der Waals surface area (Å²) in [6.45, 7) is 0.521. The molecule has 1 saturated heterocycles. The van der Waals surface area contributed by atoms with Crippen LogP contribution in [0.15, 0.2) is 40.1 Å². The van der Waals surface area contributed by atoms with Crippen LogP contribution in [0.5, 0.6) is 5.75 Å². The van der Waals surface area contributed by atoms with Gasteiger partial charge in [-0.05, 0) is 18.9 Å². The Morgan fingerprint density at radius 3 is 3.04 bits per heavy atom. The van der Waals surface area contributed by atoms with Crippen molar-refractivity contribution in [1.82, 2.24) is 9.55 Å². The Kier molecular flexibility index (Phi) is 4.86. The smallest absolute Gasteiger partial charge is 0.397 e. The number of benzene rings is 1. The number of rotatable bonds is 4. The number of fused-ring (bicyclic) bond motifs is 1. The van der Waals surface area contributed by atoms with Crippen molar-refractivity contribution >= 4 is 8.60 Å². The molecule has 2 aromatic rings. The fourth-order valence-electron chi connectivity index (χ4n) is 2.84. The highest BCUT2D eigenvalue weighted by molar-refractivity contribution is 7.42. The lowest BCUT2D eigenvalue weighted by molar-refractivity contribution is -0.0229. The highest BCUT2D eigenvalue weighted by atomic mass is 31.2. The Labute approximate surface area is 148 Å². The molecule has 2 aliphatic rings. The lowest BCUT2D eigenvalue weighted by Gasteiger charge is -2.24. The lowest BCUT2D eigenvalue weighted by atomic mass is 10.2. The number of hydrogen-bond donors (Lipinski definition) is 1. The molecule has 1 N–H and O–H groups in total. The summed E-state index contributed by atoms with van der Waals surface area (Å²) < 4.78 is 37.1. The summed E-state index contributed by atoms with van der Waals surface area (Å²) in [5.41, 5.74) is -0.190. The first-order valence-corrected chi connectivity index (χ1v) is 9.17. The zero-order valence-corrected chi connectivity index (χ0v) is 14.5. The topological polar surface area (TPSA) is 91.8 Å². The molecule has 26 heavy (non-hydrogen) atoms. The molecule has 3 atom stereocenters. The summed E-state index contributed by atoms with van der Waals surface area (Å²) in [6, 6.07) is 5.55. The van der Waals surface area contributed by atoms with Crippen molar-refractivity contribution in [2.24, 2.45) is 0 Å². The van der Waals surface area contributed by atoms with Gasteiger partial charge in [0.15, 0.2) is 0 Å². The zero-order valence-electron chi connectivity index (χ0n) is 13.6. The number of nitrogens with zero attached hydrogens (tertiary/aromatic N) is 1. The molecular weight excluding hydrogens is 366 g/mol. The van der Waals surface area contributed by atoms with Crippen molar-refractivity contribution in [3.05, 3.63) is 62.7 Å². The van der Waals surface area contributed by atoms with Crippen molar-refractivity contribution in [3.8, 4) is 5.75 Å². The number of ether oxygens (including phenoxy) is 1. The largest absolute Gasteiger partial charge is 0.426 e. The molecule has 4 rings (SSSR count). The standard InChI is InChI=1S/C16H16FN2O6P/c17-11-2-1-10-8-22-26(25-13(10)7-11)23-9-12-3-4-15(24-12)19-6-5-14(20)18-16(19)21/h1-2,5-7,12,15H,3-4,8-9H2,(H,18,20,21). The third kappa shape index (κ3) is 3.71. The monoisotopic (exact) mass is 382 g/mol. The van der Waals surface area contributed by atoms with Crippen molar-refractivity contribution in [2.45, 2.75) is 31.8 Å². The fraction of sp³-hybridized carbons (Fsp3) is 0.375. The molecule has 0 amide bonds. The quantitative estimate of drug-likeness (QED) is 0.816. The van der Waals surface area contributed by atoms with Crippen LogP contribution in [0, 0.1) is 5.82 Å². The maximum atomic E-state index is 13.3. The number of halogens is 1. The van der Waals surface area contributed by atoms with Gasteiger partial charge in [-0.3, -0.25) is 23.4 Å². The summed E-state index contributed by atoms with van der Waals surface area (Å²) in [6.07, 6.45) is 2.03. The summed E-state index contributed by atoms with van der Waals surface area (Å²) in [5, 5.41) is 0. The van der Waals surface area contributed by atoms with Crippen LogP contribution >= 0.6 is 8.60 Å². The van der Waals surface area contributed by atoms with Crippen molar-refractivity contribution in [1.29, 1.82) is 0 Å². The molecule has 0 radical (unpaired) electrons. The van der Waals surface area contributed by atoms with Gasteiger partial charge in [-0.2, -0.15) is 0 Å². The lowest BCUT2D eigenvalue weighted by Crippen LogP contribution is -2.31. The number of hydrogen-bond acceptors (Lipinski definition) is 6. The summed E-state index contributed by atoms with van der Waals surface area (Å²) in [7, 11) is -1.63. The molecule has 3 heterocycles. The molecule has 1 fully saturated rings. The van der Waals surface area contributed by atoms with E-state index in [1.807, 2.05) is 0 Å². The van der Waals surface area contributed by atoms with E-state index in [4.69, 9.17) is 18.3 Å². The maximum absolute atomic E-state index is 13.3. The molecule has 1 aromatic carbocycles. The molecule has 8 nitrogen and oxygen atoms in total. The molecule has 138 valence electrons. The third-order valence-electron chi connectivity index (χ3n) is 4.14. The van der Waals surface area contributed by atoms with E-state index < -0.39 is 26.1 Å². The third-order valence-corrected chi connectivity index (χ3v) is 5.19. The first-order valence-electron chi connectivity index (χ1n) is 8.08. The molecule has 2 aliphatic heterocycles.